The molecule has 4 N–H and O–H groups in total. The number of anilines is 4. The third kappa shape index (κ3) is 5.29. The summed E-state index contributed by atoms with van der Waals surface area (Å²) in [6, 6.07) is 12.1. The lowest BCUT2D eigenvalue weighted by molar-refractivity contribution is -0.204. The molecule has 0 aliphatic carbocycles. The number of H-pyrrole nitrogens is 1. The monoisotopic (exact) mass is 474 g/mol. The summed E-state index contributed by atoms with van der Waals surface area (Å²) in [6.45, 7) is 0. The molecule has 0 aliphatic heterocycles. The fourth-order valence-corrected chi connectivity index (χ4v) is 2.71. The van der Waals surface area contributed by atoms with E-state index in [1.807, 2.05) is 0 Å². The number of halogens is 3. The van der Waals surface area contributed by atoms with Gasteiger partial charge in [0.15, 0.2) is 5.58 Å². The first-order valence-electron chi connectivity index (χ1n) is 9.36. The van der Waals surface area contributed by atoms with Crippen LogP contribution in [0.15, 0.2) is 63.9 Å². The highest BCUT2D eigenvalue weighted by Crippen LogP contribution is 2.21. The molecule has 0 aliphatic rings. The van der Waals surface area contributed by atoms with Crippen LogP contribution in [-0.2, 0) is 9.63 Å². The van der Waals surface area contributed by atoms with Crippen molar-refractivity contribution in [2.45, 2.75) is 6.18 Å². The number of carbonyl (C=O) groups is 2. The van der Waals surface area contributed by atoms with Gasteiger partial charge in [0.05, 0.1) is 5.52 Å². The van der Waals surface area contributed by atoms with Crippen molar-refractivity contribution >= 4 is 46.1 Å². The molecule has 2 aromatic heterocycles. The first kappa shape index (κ1) is 22.3. The number of hydrogen-bond donors (Lipinski definition) is 4. The van der Waals surface area contributed by atoms with E-state index in [1.54, 1.807) is 24.3 Å². The Labute approximate surface area is 186 Å². The summed E-state index contributed by atoms with van der Waals surface area (Å²) in [4.78, 5) is 48.4. The number of amides is 1. The highest BCUT2D eigenvalue weighted by Gasteiger charge is 2.42. The number of oxazole rings is 1. The standard InChI is InChI=1S/C20H13F3N6O5/c21-20(22,23)17(31)34-29-16(30)10-1-3-11(4-2-10)26-18-24-8-7-15(28-18)25-12-5-6-14-13(9-12)27-19(32)33-14/h1-9H,(H,27,32)(H,29,30)(H2,24,25,26,28). The number of aromatic nitrogens is 3. The average molecular weight is 474 g/mol. The molecule has 2 heterocycles. The largest absolute Gasteiger partial charge is 0.493 e. The molecule has 0 saturated carbocycles. The van der Waals surface area contributed by atoms with Crippen LogP contribution in [0.4, 0.5) is 36.3 Å². The van der Waals surface area contributed by atoms with Gasteiger partial charge < -0.3 is 19.9 Å². The molecule has 0 radical (unpaired) electrons. The Bertz CT molecular complexity index is 1410. The zero-order valence-corrected chi connectivity index (χ0v) is 16.8. The van der Waals surface area contributed by atoms with E-state index in [0.717, 1.165) is 0 Å². The molecule has 11 nitrogen and oxygen atoms in total. The molecular formula is C20H13F3N6O5. The normalized spacial score (nSPS) is 11.1. The van der Waals surface area contributed by atoms with Crippen molar-refractivity contribution in [1.29, 1.82) is 0 Å². The minimum absolute atomic E-state index is 0.0514. The molecule has 0 fully saturated rings. The van der Waals surface area contributed by atoms with Gasteiger partial charge in [-0.25, -0.2) is 14.6 Å². The van der Waals surface area contributed by atoms with E-state index in [2.05, 4.69) is 30.4 Å². The lowest BCUT2D eigenvalue weighted by atomic mass is 10.2. The van der Waals surface area contributed by atoms with Crippen LogP contribution in [0.3, 0.4) is 0 Å². The van der Waals surface area contributed by atoms with Crippen LogP contribution in [0, 0.1) is 0 Å². The smallest absolute Gasteiger partial charge is 0.408 e. The number of nitrogens with zero attached hydrogens (tertiary/aromatic N) is 2. The number of hydrogen-bond acceptors (Lipinski definition) is 9. The Hall–Kier alpha value is -4.88. The molecule has 4 aromatic rings. The maximum Gasteiger partial charge on any atom is 0.493 e. The number of benzene rings is 2. The minimum Gasteiger partial charge on any atom is -0.408 e. The molecule has 0 spiro atoms. The van der Waals surface area contributed by atoms with Gasteiger partial charge in [0.1, 0.15) is 5.82 Å². The average Bonchev–Trinajstić information content (AvgIpc) is 3.16. The zero-order chi connectivity index (χ0) is 24.3. The number of fused-ring (bicyclic) bond motifs is 1. The minimum atomic E-state index is -5.23. The molecule has 0 unspecified atom stereocenters. The molecule has 174 valence electrons. The summed E-state index contributed by atoms with van der Waals surface area (Å²) in [5.41, 5.74) is 3.41. The zero-order valence-electron chi connectivity index (χ0n) is 16.8. The Balaban J connectivity index is 1.39. The first-order valence-corrected chi connectivity index (χ1v) is 9.36. The second kappa shape index (κ2) is 8.93. The van der Waals surface area contributed by atoms with E-state index in [0.29, 0.717) is 28.3 Å². The third-order valence-corrected chi connectivity index (χ3v) is 4.22. The molecule has 0 atom stereocenters. The third-order valence-electron chi connectivity index (χ3n) is 4.22. The van der Waals surface area contributed by atoms with E-state index >= 15 is 0 Å². The number of hydroxylamine groups is 1. The number of rotatable bonds is 5. The van der Waals surface area contributed by atoms with E-state index in [1.165, 1.54) is 35.9 Å². The molecule has 0 bridgehead atoms. The van der Waals surface area contributed by atoms with Gasteiger partial charge in [-0.3, -0.25) is 9.78 Å². The number of carbonyl (C=O) groups excluding carboxylic acids is 2. The van der Waals surface area contributed by atoms with Crippen LogP contribution >= 0.6 is 0 Å². The van der Waals surface area contributed by atoms with Gasteiger partial charge in [-0.1, -0.05) is 0 Å². The molecule has 1 amide bonds. The van der Waals surface area contributed by atoms with E-state index in [4.69, 9.17) is 4.42 Å². The fraction of sp³-hybridized carbons (Fsp3) is 0.0500. The second-order valence-electron chi connectivity index (χ2n) is 6.64. The van der Waals surface area contributed by atoms with Gasteiger partial charge in [-0.05, 0) is 48.5 Å². The van der Waals surface area contributed by atoms with Crippen LogP contribution in [0.2, 0.25) is 0 Å². The van der Waals surface area contributed by atoms with Crippen molar-refractivity contribution in [3.63, 3.8) is 0 Å². The fourth-order valence-electron chi connectivity index (χ4n) is 2.71. The molecule has 14 heteroatoms. The summed E-state index contributed by atoms with van der Waals surface area (Å²) >= 11 is 0. The SMILES string of the molecule is O=C(NOC(=O)C(F)(F)F)c1ccc(Nc2nccc(Nc3ccc4oc(=O)[nH]c4c3)n2)cc1. The molecule has 0 saturated heterocycles. The second-order valence-corrected chi connectivity index (χ2v) is 6.64. The molecule has 34 heavy (non-hydrogen) atoms. The Morgan fingerprint density at radius 3 is 2.47 bits per heavy atom. The van der Waals surface area contributed by atoms with Crippen LogP contribution in [0.1, 0.15) is 10.4 Å². The summed E-state index contributed by atoms with van der Waals surface area (Å²) in [7, 11) is 0. The van der Waals surface area contributed by atoms with Crippen molar-refractivity contribution in [1.82, 2.24) is 20.4 Å². The summed E-state index contributed by atoms with van der Waals surface area (Å²) in [5, 5.41) is 5.97. The highest BCUT2D eigenvalue weighted by molar-refractivity contribution is 5.94. The summed E-state index contributed by atoms with van der Waals surface area (Å²) in [5.74, 6) is -3.50. The Kier molecular flexibility index (Phi) is 5.86. The predicted octanol–water partition coefficient (Wildman–Crippen LogP) is 3.15. The van der Waals surface area contributed by atoms with E-state index in [9.17, 15) is 27.6 Å². The number of aromatic amines is 1. The van der Waals surface area contributed by atoms with Crippen molar-refractivity contribution < 1.29 is 32.0 Å². The van der Waals surface area contributed by atoms with Crippen molar-refractivity contribution in [2.75, 3.05) is 10.6 Å². The summed E-state index contributed by atoms with van der Waals surface area (Å²) in [6.07, 6.45) is -3.73. The summed E-state index contributed by atoms with van der Waals surface area (Å²) < 4.78 is 41.3. The maximum atomic E-state index is 12.1. The number of nitrogens with one attached hydrogen (secondary N) is 4. The number of alkyl halides is 3. The van der Waals surface area contributed by atoms with Gasteiger partial charge in [0.2, 0.25) is 5.95 Å². The molecular weight excluding hydrogens is 461 g/mol. The maximum absolute atomic E-state index is 12.1. The van der Waals surface area contributed by atoms with Gasteiger partial charge in [0, 0.05) is 23.1 Å². The van der Waals surface area contributed by atoms with Crippen molar-refractivity contribution in [3.8, 4) is 0 Å². The predicted molar refractivity (Wildman–Crippen MR) is 111 cm³/mol. The lowest BCUT2D eigenvalue weighted by Gasteiger charge is -2.10. The van der Waals surface area contributed by atoms with Crippen LogP contribution in [0.5, 0.6) is 0 Å². The van der Waals surface area contributed by atoms with Crippen molar-refractivity contribution in [2.24, 2.45) is 0 Å². The Morgan fingerprint density at radius 1 is 1.00 bits per heavy atom. The van der Waals surface area contributed by atoms with Gasteiger partial charge in [0.25, 0.3) is 5.91 Å². The lowest BCUT2D eigenvalue weighted by Crippen LogP contribution is -2.34. The van der Waals surface area contributed by atoms with Crippen molar-refractivity contribution in [3.05, 3.63) is 70.8 Å². The van der Waals surface area contributed by atoms with E-state index in [-0.39, 0.29) is 11.5 Å². The van der Waals surface area contributed by atoms with E-state index < -0.39 is 23.8 Å². The topological polar surface area (TPSA) is 151 Å². The van der Waals surface area contributed by atoms with Crippen LogP contribution in [0.25, 0.3) is 11.1 Å². The van der Waals surface area contributed by atoms with Gasteiger partial charge >= 0.3 is 17.9 Å². The van der Waals surface area contributed by atoms with Gasteiger partial charge in [-0.15, -0.1) is 0 Å². The molecule has 4 rings (SSSR count). The van der Waals surface area contributed by atoms with Crippen LogP contribution in [-0.4, -0.2) is 33.0 Å². The molecule has 2 aromatic carbocycles. The van der Waals surface area contributed by atoms with Gasteiger partial charge in [-0.2, -0.15) is 23.6 Å². The van der Waals surface area contributed by atoms with Crippen LogP contribution < -0.4 is 21.9 Å². The highest BCUT2D eigenvalue weighted by atomic mass is 19.4. The quantitative estimate of drug-likeness (QED) is 0.320. The first-order chi connectivity index (χ1) is 16.2. The Morgan fingerprint density at radius 2 is 1.74 bits per heavy atom.